The van der Waals surface area contributed by atoms with Crippen LogP contribution in [-0.2, 0) is 5.41 Å². The molecule has 0 fully saturated rings. The van der Waals surface area contributed by atoms with Crippen molar-refractivity contribution in [1.29, 1.82) is 0 Å². The first kappa shape index (κ1) is 11.0. The second-order valence-electron chi connectivity index (χ2n) is 4.62. The molecule has 0 spiro atoms. The summed E-state index contributed by atoms with van der Waals surface area (Å²) >= 11 is 0. The van der Waals surface area contributed by atoms with Crippen LogP contribution in [0.15, 0.2) is 30.3 Å². The zero-order valence-electron chi connectivity index (χ0n) is 9.50. The Balaban J connectivity index is 2.57. The van der Waals surface area contributed by atoms with E-state index in [1.54, 1.807) is 6.07 Å². The van der Waals surface area contributed by atoms with Gasteiger partial charge < -0.3 is 5.73 Å². The Morgan fingerprint density at radius 2 is 2.00 bits per heavy atom. The first-order valence-electron chi connectivity index (χ1n) is 5.30. The van der Waals surface area contributed by atoms with Gasteiger partial charge in [-0.1, -0.05) is 19.9 Å². The fourth-order valence-electron chi connectivity index (χ4n) is 1.58. The number of aromatic nitrogens is 1. The van der Waals surface area contributed by atoms with E-state index in [4.69, 9.17) is 5.73 Å². The van der Waals surface area contributed by atoms with Crippen LogP contribution in [0.25, 0.3) is 10.9 Å². The summed E-state index contributed by atoms with van der Waals surface area (Å²) in [6.07, 6.45) is 0. The van der Waals surface area contributed by atoms with Gasteiger partial charge in [-0.25, -0.2) is 4.39 Å². The first-order valence-corrected chi connectivity index (χ1v) is 5.30. The van der Waals surface area contributed by atoms with E-state index in [0.717, 1.165) is 16.6 Å². The molecular formula is C13H15FN2. The molecule has 2 rings (SSSR count). The van der Waals surface area contributed by atoms with Crippen molar-refractivity contribution >= 4 is 10.9 Å². The van der Waals surface area contributed by atoms with E-state index >= 15 is 0 Å². The topological polar surface area (TPSA) is 38.9 Å². The molecule has 0 unspecified atom stereocenters. The van der Waals surface area contributed by atoms with E-state index in [2.05, 4.69) is 4.98 Å². The molecule has 2 aromatic rings. The molecule has 3 heteroatoms. The van der Waals surface area contributed by atoms with Gasteiger partial charge in [0.15, 0.2) is 0 Å². The van der Waals surface area contributed by atoms with Crippen LogP contribution >= 0.6 is 0 Å². The maximum absolute atomic E-state index is 13.0. The smallest absolute Gasteiger partial charge is 0.123 e. The van der Waals surface area contributed by atoms with Gasteiger partial charge in [-0.2, -0.15) is 0 Å². The standard InChI is InChI=1S/C13H15FN2/c1-13(2,8-15)12-6-3-9-7-10(14)4-5-11(9)16-12/h3-7H,8,15H2,1-2H3. The highest BCUT2D eigenvalue weighted by Crippen LogP contribution is 2.22. The summed E-state index contributed by atoms with van der Waals surface area (Å²) in [5.74, 6) is -0.236. The molecule has 0 aliphatic carbocycles. The summed E-state index contributed by atoms with van der Waals surface area (Å²) in [5, 5.41) is 0.816. The number of benzene rings is 1. The van der Waals surface area contributed by atoms with E-state index in [9.17, 15) is 4.39 Å². The lowest BCUT2D eigenvalue weighted by Gasteiger charge is -2.21. The minimum atomic E-state index is -0.236. The maximum Gasteiger partial charge on any atom is 0.123 e. The van der Waals surface area contributed by atoms with Crippen molar-refractivity contribution in [2.75, 3.05) is 6.54 Å². The molecule has 0 bridgehead atoms. The van der Waals surface area contributed by atoms with Gasteiger partial charge in [0.25, 0.3) is 0 Å². The number of rotatable bonds is 2. The molecule has 0 aliphatic heterocycles. The monoisotopic (exact) mass is 218 g/mol. The normalized spacial score (nSPS) is 12.0. The minimum Gasteiger partial charge on any atom is -0.330 e. The molecule has 1 aromatic heterocycles. The molecule has 1 heterocycles. The highest BCUT2D eigenvalue weighted by atomic mass is 19.1. The number of nitrogens with zero attached hydrogens (tertiary/aromatic N) is 1. The van der Waals surface area contributed by atoms with Crippen LogP contribution in [0.5, 0.6) is 0 Å². The average Bonchev–Trinajstić information content (AvgIpc) is 2.28. The number of pyridine rings is 1. The molecule has 16 heavy (non-hydrogen) atoms. The van der Waals surface area contributed by atoms with Crippen LogP contribution in [0.3, 0.4) is 0 Å². The lowest BCUT2D eigenvalue weighted by atomic mass is 9.89. The maximum atomic E-state index is 13.0. The third-order valence-electron chi connectivity index (χ3n) is 2.85. The first-order chi connectivity index (χ1) is 7.53. The Bertz CT molecular complexity index is 520. The van der Waals surface area contributed by atoms with Gasteiger partial charge in [-0.15, -0.1) is 0 Å². The van der Waals surface area contributed by atoms with E-state index < -0.39 is 0 Å². The summed E-state index contributed by atoms with van der Waals surface area (Å²) in [5.41, 5.74) is 7.30. The van der Waals surface area contributed by atoms with Gasteiger partial charge >= 0.3 is 0 Å². The van der Waals surface area contributed by atoms with Crippen molar-refractivity contribution in [2.24, 2.45) is 5.73 Å². The van der Waals surface area contributed by atoms with Crippen molar-refractivity contribution in [2.45, 2.75) is 19.3 Å². The molecule has 0 amide bonds. The fourth-order valence-corrected chi connectivity index (χ4v) is 1.58. The molecule has 0 radical (unpaired) electrons. The highest BCUT2D eigenvalue weighted by molar-refractivity contribution is 5.78. The van der Waals surface area contributed by atoms with Crippen LogP contribution in [0.2, 0.25) is 0 Å². The van der Waals surface area contributed by atoms with Crippen LogP contribution in [0, 0.1) is 5.82 Å². The predicted molar refractivity (Wildman–Crippen MR) is 63.8 cm³/mol. The Labute approximate surface area is 94.3 Å². The number of hydrogen-bond donors (Lipinski definition) is 1. The number of halogens is 1. The number of fused-ring (bicyclic) bond motifs is 1. The molecule has 1 aromatic carbocycles. The highest BCUT2D eigenvalue weighted by Gasteiger charge is 2.20. The van der Waals surface area contributed by atoms with Gasteiger partial charge in [0.05, 0.1) is 5.52 Å². The summed E-state index contributed by atoms with van der Waals surface area (Å²) in [7, 11) is 0. The van der Waals surface area contributed by atoms with Gasteiger partial charge in [0.2, 0.25) is 0 Å². The van der Waals surface area contributed by atoms with E-state index in [1.807, 2.05) is 26.0 Å². The molecule has 0 saturated carbocycles. The quantitative estimate of drug-likeness (QED) is 0.841. The molecular weight excluding hydrogens is 203 g/mol. The molecule has 0 atom stereocenters. The van der Waals surface area contributed by atoms with Gasteiger partial charge in [-0.3, -0.25) is 4.98 Å². The van der Waals surface area contributed by atoms with Gasteiger partial charge in [0.1, 0.15) is 5.82 Å². The third kappa shape index (κ3) is 1.91. The van der Waals surface area contributed by atoms with Crippen molar-refractivity contribution in [3.8, 4) is 0 Å². The lowest BCUT2D eigenvalue weighted by Crippen LogP contribution is -2.29. The van der Waals surface area contributed by atoms with Gasteiger partial charge in [0, 0.05) is 23.0 Å². The Morgan fingerprint density at radius 1 is 1.25 bits per heavy atom. The van der Waals surface area contributed by atoms with Crippen molar-refractivity contribution in [3.05, 3.63) is 41.8 Å². The summed E-state index contributed by atoms with van der Waals surface area (Å²) in [6.45, 7) is 4.63. The second kappa shape index (κ2) is 3.83. The predicted octanol–water partition coefficient (Wildman–Crippen LogP) is 2.61. The summed E-state index contributed by atoms with van der Waals surface area (Å²) < 4.78 is 13.0. The second-order valence-corrected chi connectivity index (χ2v) is 4.62. The average molecular weight is 218 g/mol. The Morgan fingerprint density at radius 3 is 2.69 bits per heavy atom. The van der Waals surface area contributed by atoms with Crippen LogP contribution < -0.4 is 5.73 Å². The van der Waals surface area contributed by atoms with Gasteiger partial charge in [-0.05, 0) is 24.3 Å². The van der Waals surface area contributed by atoms with E-state index in [0.29, 0.717) is 6.54 Å². The number of nitrogens with two attached hydrogens (primary N) is 1. The minimum absolute atomic E-state index is 0.150. The molecule has 84 valence electrons. The zero-order chi connectivity index (χ0) is 11.8. The van der Waals surface area contributed by atoms with Crippen molar-refractivity contribution < 1.29 is 4.39 Å². The molecule has 0 saturated heterocycles. The van der Waals surface area contributed by atoms with Crippen LogP contribution in [0.4, 0.5) is 4.39 Å². The summed E-state index contributed by atoms with van der Waals surface area (Å²) in [4.78, 5) is 4.51. The van der Waals surface area contributed by atoms with Crippen LogP contribution in [-0.4, -0.2) is 11.5 Å². The molecule has 2 N–H and O–H groups in total. The zero-order valence-corrected chi connectivity index (χ0v) is 9.50. The Kier molecular flexibility index (Phi) is 2.64. The molecule has 2 nitrogen and oxygen atoms in total. The fraction of sp³-hybridized carbons (Fsp3) is 0.308. The Hall–Kier alpha value is -1.48. The lowest BCUT2D eigenvalue weighted by molar-refractivity contribution is 0.523. The summed E-state index contributed by atoms with van der Waals surface area (Å²) in [6, 6.07) is 8.41. The third-order valence-corrected chi connectivity index (χ3v) is 2.85. The SMILES string of the molecule is CC(C)(CN)c1ccc2cc(F)ccc2n1. The number of hydrogen-bond acceptors (Lipinski definition) is 2. The van der Waals surface area contributed by atoms with Crippen LogP contribution in [0.1, 0.15) is 19.5 Å². The largest absolute Gasteiger partial charge is 0.330 e. The van der Waals surface area contributed by atoms with E-state index in [-0.39, 0.29) is 11.2 Å². The van der Waals surface area contributed by atoms with Crippen molar-refractivity contribution in [1.82, 2.24) is 4.98 Å². The molecule has 0 aliphatic rings. The van der Waals surface area contributed by atoms with Crippen molar-refractivity contribution in [3.63, 3.8) is 0 Å². The van der Waals surface area contributed by atoms with E-state index in [1.165, 1.54) is 12.1 Å².